The van der Waals surface area contributed by atoms with E-state index in [9.17, 15) is 19.5 Å². The summed E-state index contributed by atoms with van der Waals surface area (Å²) in [6.07, 6.45) is 2.66. The maximum Gasteiger partial charge on any atom is 0.343 e. The highest BCUT2D eigenvalue weighted by atomic mass is 127. The van der Waals surface area contributed by atoms with E-state index in [1.807, 2.05) is 22.6 Å². The molecule has 1 fully saturated rings. The first-order valence-electron chi connectivity index (χ1n) is 11.0. The highest BCUT2D eigenvalue weighted by molar-refractivity contribution is 14.1. The van der Waals surface area contributed by atoms with Crippen molar-refractivity contribution in [3.63, 3.8) is 0 Å². The van der Waals surface area contributed by atoms with Crippen molar-refractivity contribution in [3.8, 4) is 5.75 Å². The van der Waals surface area contributed by atoms with Crippen LogP contribution in [-0.2, 0) is 22.5 Å². The average molecular weight is 594 g/mol. The predicted molar refractivity (Wildman–Crippen MR) is 137 cm³/mol. The molecule has 1 aliphatic rings. The molecular weight excluding hydrogens is 570 g/mol. The minimum atomic E-state index is -0.787. The standard InChI is InChI=1S/C25H24FIN2O6/c1-34-21-12-20-17(24(32)18(25(33)35-2)13-28(20)6-7-30)10-14(21)8-15-9-16(11-19(27)23(15)26)29-5-3-4-22(29)31/h9-13,30H,3-8H2,1-2H3. The number of hydrogen-bond acceptors (Lipinski definition) is 6. The van der Waals surface area contributed by atoms with Gasteiger partial charge in [0.25, 0.3) is 0 Å². The van der Waals surface area contributed by atoms with Crippen LogP contribution in [0.15, 0.2) is 35.3 Å². The van der Waals surface area contributed by atoms with Crippen LogP contribution in [0.1, 0.15) is 34.3 Å². The summed E-state index contributed by atoms with van der Waals surface area (Å²) in [5, 5.41) is 9.71. The smallest absolute Gasteiger partial charge is 0.343 e. The maximum absolute atomic E-state index is 15.2. The summed E-state index contributed by atoms with van der Waals surface area (Å²) in [6, 6.07) is 6.52. The van der Waals surface area contributed by atoms with E-state index < -0.39 is 17.2 Å². The van der Waals surface area contributed by atoms with Crippen LogP contribution < -0.4 is 15.1 Å². The Labute approximate surface area is 214 Å². The monoisotopic (exact) mass is 594 g/mol. The van der Waals surface area contributed by atoms with E-state index in [1.165, 1.54) is 20.4 Å². The SMILES string of the molecule is COC(=O)c1cn(CCO)c2cc(OC)c(Cc3cc(N4CCCC4=O)cc(I)c3F)cc2c1=O. The Bertz CT molecular complexity index is 1390. The van der Waals surface area contributed by atoms with Crippen molar-refractivity contribution >= 4 is 51.1 Å². The van der Waals surface area contributed by atoms with Crippen LogP contribution in [0.3, 0.4) is 0 Å². The van der Waals surface area contributed by atoms with E-state index in [2.05, 4.69) is 0 Å². The topological polar surface area (TPSA) is 98.1 Å². The molecule has 0 bridgehead atoms. The molecule has 0 atom stereocenters. The molecule has 8 nitrogen and oxygen atoms in total. The molecule has 0 unspecified atom stereocenters. The van der Waals surface area contributed by atoms with E-state index in [1.54, 1.807) is 33.7 Å². The molecule has 1 amide bonds. The molecule has 0 saturated carbocycles. The number of anilines is 1. The first-order chi connectivity index (χ1) is 16.8. The second-order valence-electron chi connectivity index (χ2n) is 8.19. The van der Waals surface area contributed by atoms with E-state index in [0.717, 1.165) is 6.42 Å². The molecule has 35 heavy (non-hydrogen) atoms. The number of carbonyl (C=O) groups excluding carboxylic acids is 2. The van der Waals surface area contributed by atoms with Crippen molar-refractivity contribution in [2.24, 2.45) is 0 Å². The number of esters is 1. The van der Waals surface area contributed by atoms with Gasteiger partial charge >= 0.3 is 5.97 Å². The van der Waals surface area contributed by atoms with Gasteiger partial charge in [0.1, 0.15) is 17.1 Å². The molecule has 0 aliphatic carbocycles. The van der Waals surface area contributed by atoms with Crippen molar-refractivity contribution in [2.45, 2.75) is 25.8 Å². The van der Waals surface area contributed by atoms with Crippen LogP contribution in [0, 0.1) is 9.39 Å². The number of amides is 1. The van der Waals surface area contributed by atoms with E-state index in [0.29, 0.717) is 44.6 Å². The Morgan fingerprint density at radius 2 is 1.94 bits per heavy atom. The number of fused-ring (bicyclic) bond motifs is 1. The van der Waals surface area contributed by atoms with Crippen LogP contribution in [0.25, 0.3) is 10.9 Å². The fourth-order valence-electron chi connectivity index (χ4n) is 4.38. The van der Waals surface area contributed by atoms with Gasteiger partial charge in [0.15, 0.2) is 0 Å². The first kappa shape index (κ1) is 25.1. The van der Waals surface area contributed by atoms with Gasteiger partial charge in [-0.15, -0.1) is 0 Å². The van der Waals surface area contributed by atoms with Crippen molar-refractivity contribution in [3.05, 3.63) is 66.8 Å². The van der Waals surface area contributed by atoms with Crippen LogP contribution in [-0.4, -0.2) is 48.9 Å². The van der Waals surface area contributed by atoms with Gasteiger partial charge in [-0.25, -0.2) is 9.18 Å². The van der Waals surface area contributed by atoms with E-state index in [4.69, 9.17) is 9.47 Å². The number of halogens is 2. The largest absolute Gasteiger partial charge is 0.496 e. The van der Waals surface area contributed by atoms with E-state index in [-0.39, 0.29) is 36.4 Å². The highest BCUT2D eigenvalue weighted by Gasteiger charge is 2.24. The lowest BCUT2D eigenvalue weighted by molar-refractivity contribution is -0.117. The van der Waals surface area contributed by atoms with Crippen LogP contribution in [0.5, 0.6) is 5.75 Å². The summed E-state index contributed by atoms with van der Waals surface area (Å²) in [7, 11) is 2.66. The molecule has 0 radical (unpaired) electrons. The van der Waals surface area contributed by atoms with Gasteiger partial charge in [0, 0.05) is 49.3 Å². The molecule has 10 heteroatoms. The van der Waals surface area contributed by atoms with Crippen molar-refractivity contribution in [1.82, 2.24) is 4.57 Å². The van der Waals surface area contributed by atoms with Crippen molar-refractivity contribution in [2.75, 3.05) is 32.3 Å². The van der Waals surface area contributed by atoms with Gasteiger partial charge in [0.2, 0.25) is 11.3 Å². The van der Waals surface area contributed by atoms with Crippen molar-refractivity contribution < 1.29 is 28.6 Å². The van der Waals surface area contributed by atoms with Gasteiger partial charge in [-0.05, 0) is 58.3 Å². The summed E-state index contributed by atoms with van der Waals surface area (Å²) in [6.45, 7) is 0.510. The number of pyridine rings is 1. The third-order valence-corrected chi connectivity index (χ3v) is 6.87. The van der Waals surface area contributed by atoms with Crippen LogP contribution >= 0.6 is 22.6 Å². The van der Waals surface area contributed by atoms with Gasteiger partial charge in [-0.1, -0.05) is 0 Å². The van der Waals surface area contributed by atoms with Gasteiger partial charge < -0.3 is 24.0 Å². The van der Waals surface area contributed by atoms with E-state index >= 15 is 4.39 Å². The number of carbonyl (C=O) groups is 2. The predicted octanol–water partition coefficient (Wildman–Crippen LogP) is 3.25. The zero-order chi connectivity index (χ0) is 25.3. The summed E-state index contributed by atoms with van der Waals surface area (Å²) in [5.74, 6) is -0.776. The zero-order valence-electron chi connectivity index (χ0n) is 19.3. The summed E-state index contributed by atoms with van der Waals surface area (Å²) >= 11 is 1.91. The third-order valence-electron chi connectivity index (χ3n) is 6.08. The molecule has 1 saturated heterocycles. The lowest BCUT2D eigenvalue weighted by atomic mass is 9.99. The Balaban J connectivity index is 1.87. The Hall–Kier alpha value is -2.99. The summed E-state index contributed by atoms with van der Waals surface area (Å²) in [5.41, 5.74) is 1.28. The van der Waals surface area contributed by atoms with Gasteiger partial charge in [-0.3, -0.25) is 9.59 Å². The molecule has 4 rings (SSSR count). The lowest BCUT2D eigenvalue weighted by Crippen LogP contribution is -2.24. The molecule has 1 N–H and O–H groups in total. The quantitative estimate of drug-likeness (QED) is 0.334. The summed E-state index contributed by atoms with van der Waals surface area (Å²) < 4.78 is 27.4. The third kappa shape index (κ3) is 4.76. The molecule has 184 valence electrons. The number of benzene rings is 2. The second kappa shape index (κ2) is 10.3. The Morgan fingerprint density at radius 1 is 1.17 bits per heavy atom. The first-order valence-corrected chi connectivity index (χ1v) is 12.1. The van der Waals surface area contributed by atoms with Gasteiger partial charge in [-0.2, -0.15) is 0 Å². The minimum Gasteiger partial charge on any atom is -0.496 e. The lowest BCUT2D eigenvalue weighted by Gasteiger charge is -2.19. The Morgan fingerprint density at radius 3 is 2.57 bits per heavy atom. The van der Waals surface area contributed by atoms with Crippen LogP contribution in [0.4, 0.5) is 10.1 Å². The fourth-order valence-corrected chi connectivity index (χ4v) is 5.05. The summed E-state index contributed by atoms with van der Waals surface area (Å²) in [4.78, 5) is 39.2. The second-order valence-corrected chi connectivity index (χ2v) is 9.35. The number of nitrogens with zero attached hydrogens (tertiary/aromatic N) is 2. The number of aliphatic hydroxyl groups excluding tert-OH is 1. The zero-order valence-corrected chi connectivity index (χ0v) is 21.4. The molecular formula is C25H24FIN2O6. The minimum absolute atomic E-state index is 0.00131. The maximum atomic E-state index is 15.2. The molecule has 0 spiro atoms. The molecule has 1 aliphatic heterocycles. The highest BCUT2D eigenvalue weighted by Crippen LogP contribution is 2.32. The molecule has 3 aromatic rings. The van der Waals surface area contributed by atoms with Crippen molar-refractivity contribution in [1.29, 1.82) is 0 Å². The number of ether oxygens (including phenoxy) is 2. The number of rotatable bonds is 7. The number of aliphatic hydroxyl groups is 1. The Kier molecular flexibility index (Phi) is 7.41. The van der Waals surface area contributed by atoms with Crippen LogP contribution in [0.2, 0.25) is 0 Å². The normalized spacial score (nSPS) is 13.5. The molecule has 2 heterocycles. The molecule has 1 aromatic heterocycles. The fraction of sp³-hybridized carbons (Fsp3) is 0.320. The number of hydrogen-bond donors (Lipinski definition) is 1. The molecule has 2 aromatic carbocycles. The number of aromatic nitrogens is 1. The average Bonchev–Trinajstić information content (AvgIpc) is 3.28. The van der Waals surface area contributed by atoms with Gasteiger partial charge in [0.05, 0.1) is 29.9 Å². The number of methoxy groups -OCH3 is 2.